The van der Waals surface area contributed by atoms with Gasteiger partial charge in [0.15, 0.2) is 5.96 Å². The molecule has 1 heterocycles. The second-order valence-electron chi connectivity index (χ2n) is 7.15. The Labute approximate surface area is 181 Å². The molecule has 2 aromatic rings. The van der Waals surface area contributed by atoms with Crippen LogP contribution in [0.1, 0.15) is 37.4 Å². The Balaban J connectivity index is 0.00000280. The van der Waals surface area contributed by atoms with E-state index in [4.69, 9.17) is 4.74 Å². The summed E-state index contributed by atoms with van der Waals surface area (Å²) in [6.07, 6.45) is 0.793. The molecule has 0 saturated carbocycles. The molecule has 0 aliphatic carbocycles. The molecule has 3 rings (SSSR count). The molecule has 1 aliphatic rings. The van der Waals surface area contributed by atoms with Crippen LogP contribution in [0.3, 0.4) is 0 Å². The molecule has 0 fully saturated rings. The van der Waals surface area contributed by atoms with Crippen LogP contribution in [-0.2, 0) is 6.54 Å². The van der Waals surface area contributed by atoms with Crippen LogP contribution in [0.25, 0.3) is 0 Å². The smallest absolute Gasteiger partial charge is 0.269 e. The second kappa shape index (κ2) is 9.22. The maximum Gasteiger partial charge on any atom is 0.269 e. The van der Waals surface area contributed by atoms with Crippen LogP contribution < -0.4 is 15.4 Å². The van der Waals surface area contributed by atoms with E-state index >= 15 is 0 Å². The van der Waals surface area contributed by atoms with Crippen molar-refractivity contribution >= 4 is 35.6 Å². The number of halogens is 1. The molecular weight excluding hydrogens is 471 g/mol. The molecule has 150 valence electrons. The van der Waals surface area contributed by atoms with Crippen molar-refractivity contribution in [2.24, 2.45) is 4.99 Å². The molecule has 7 nitrogen and oxygen atoms in total. The fourth-order valence-electron chi connectivity index (χ4n) is 3.26. The van der Waals surface area contributed by atoms with Crippen molar-refractivity contribution in [1.29, 1.82) is 0 Å². The Morgan fingerprint density at radius 3 is 2.75 bits per heavy atom. The Hall–Kier alpha value is -2.36. The third kappa shape index (κ3) is 5.34. The number of guanidine groups is 1. The van der Waals surface area contributed by atoms with Crippen LogP contribution in [0, 0.1) is 10.1 Å². The quantitative estimate of drug-likeness (QED) is 0.218. The standard InChI is InChI=1S/C20H24N4O3.HI/c1-20(2)12-17(16-9-4-5-10-18(16)27-20)23-19(21-3)22-13-14-7-6-8-15(11-14)24(25)26;/h4-11,17H,12-13H2,1-3H3,(H2,21,22,23);1H. The topological polar surface area (TPSA) is 88.8 Å². The fraction of sp³-hybridized carbons (Fsp3) is 0.350. The molecule has 0 bridgehead atoms. The number of hydrogen-bond acceptors (Lipinski definition) is 4. The van der Waals surface area contributed by atoms with Crippen LogP contribution in [0.5, 0.6) is 5.75 Å². The monoisotopic (exact) mass is 496 g/mol. The maximum atomic E-state index is 10.9. The minimum atomic E-state index is -0.391. The first kappa shape index (κ1) is 21.9. The highest BCUT2D eigenvalue weighted by atomic mass is 127. The lowest BCUT2D eigenvalue weighted by Gasteiger charge is -2.38. The number of nitro groups is 1. The van der Waals surface area contributed by atoms with Crippen molar-refractivity contribution < 1.29 is 9.66 Å². The van der Waals surface area contributed by atoms with Gasteiger partial charge in [0.05, 0.1) is 11.0 Å². The van der Waals surface area contributed by atoms with Crippen molar-refractivity contribution in [2.45, 2.75) is 38.5 Å². The average Bonchev–Trinajstić information content (AvgIpc) is 2.64. The predicted molar refractivity (Wildman–Crippen MR) is 120 cm³/mol. The molecule has 1 atom stereocenters. The van der Waals surface area contributed by atoms with E-state index in [0.717, 1.165) is 23.3 Å². The van der Waals surface area contributed by atoms with Crippen molar-refractivity contribution in [3.8, 4) is 5.75 Å². The Morgan fingerprint density at radius 2 is 2.04 bits per heavy atom. The van der Waals surface area contributed by atoms with Gasteiger partial charge in [0.25, 0.3) is 5.69 Å². The molecule has 1 aliphatic heterocycles. The molecule has 28 heavy (non-hydrogen) atoms. The predicted octanol–water partition coefficient (Wildman–Crippen LogP) is 4.18. The summed E-state index contributed by atoms with van der Waals surface area (Å²) in [5.41, 5.74) is 1.71. The first-order valence-corrected chi connectivity index (χ1v) is 8.86. The number of hydrogen-bond donors (Lipinski definition) is 2. The van der Waals surface area contributed by atoms with E-state index in [1.54, 1.807) is 19.2 Å². The molecule has 0 spiro atoms. The number of rotatable bonds is 4. The van der Waals surface area contributed by atoms with Gasteiger partial charge in [-0.2, -0.15) is 0 Å². The summed E-state index contributed by atoms with van der Waals surface area (Å²) in [5, 5.41) is 17.6. The molecule has 2 aromatic carbocycles. The molecule has 2 N–H and O–H groups in total. The van der Waals surface area contributed by atoms with Crippen molar-refractivity contribution in [2.75, 3.05) is 7.05 Å². The molecule has 8 heteroatoms. The van der Waals surface area contributed by atoms with E-state index in [0.29, 0.717) is 12.5 Å². The Bertz CT molecular complexity index is 870. The summed E-state index contributed by atoms with van der Waals surface area (Å²) in [6, 6.07) is 14.6. The van der Waals surface area contributed by atoms with Gasteiger partial charge in [-0.3, -0.25) is 15.1 Å². The van der Waals surface area contributed by atoms with Crippen LogP contribution in [0.15, 0.2) is 53.5 Å². The highest BCUT2D eigenvalue weighted by Crippen LogP contribution is 2.39. The average molecular weight is 496 g/mol. The largest absolute Gasteiger partial charge is 0.487 e. The first-order chi connectivity index (χ1) is 12.9. The van der Waals surface area contributed by atoms with Gasteiger partial charge in [0.1, 0.15) is 11.4 Å². The van der Waals surface area contributed by atoms with Gasteiger partial charge in [-0.25, -0.2) is 0 Å². The number of nitrogens with zero attached hydrogens (tertiary/aromatic N) is 2. The van der Waals surface area contributed by atoms with Gasteiger partial charge in [-0.1, -0.05) is 30.3 Å². The fourth-order valence-corrected chi connectivity index (χ4v) is 3.26. The van der Waals surface area contributed by atoms with Crippen LogP contribution in [-0.4, -0.2) is 23.5 Å². The highest BCUT2D eigenvalue weighted by Gasteiger charge is 2.33. The third-order valence-electron chi connectivity index (χ3n) is 4.49. The number of aliphatic imine (C=N–C) groups is 1. The lowest BCUT2D eigenvalue weighted by Crippen LogP contribution is -2.45. The number of benzene rings is 2. The normalized spacial score (nSPS) is 17.5. The SMILES string of the molecule is CN=C(NCc1cccc([N+](=O)[O-])c1)NC1CC(C)(C)Oc2ccccc21.I. The zero-order valence-corrected chi connectivity index (χ0v) is 18.5. The Kier molecular flexibility index (Phi) is 7.22. The van der Waals surface area contributed by atoms with E-state index in [1.165, 1.54) is 6.07 Å². The minimum Gasteiger partial charge on any atom is -0.487 e. The second-order valence-corrected chi connectivity index (χ2v) is 7.15. The minimum absolute atomic E-state index is 0. The zero-order valence-electron chi connectivity index (χ0n) is 16.1. The summed E-state index contributed by atoms with van der Waals surface area (Å²) in [5.74, 6) is 1.51. The number of non-ortho nitro benzene ring substituents is 1. The molecule has 0 amide bonds. The van der Waals surface area contributed by atoms with Gasteiger partial charge >= 0.3 is 0 Å². The maximum absolute atomic E-state index is 10.9. The summed E-state index contributed by atoms with van der Waals surface area (Å²) < 4.78 is 6.07. The van der Waals surface area contributed by atoms with Crippen molar-refractivity contribution in [3.05, 3.63) is 69.8 Å². The Morgan fingerprint density at radius 1 is 1.29 bits per heavy atom. The van der Waals surface area contributed by atoms with Gasteiger partial charge in [-0.05, 0) is 25.5 Å². The third-order valence-corrected chi connectivity index (χ3v) is 4.49. The molecule has 0 saturated heterocycles. The van der Waals surface area contributed by atoms with E-state index < -0.39 is 4.92 Å². The van der Waals surface area contributed by atoms with E-state index in [-0.39, 0.29) is 41.3 Å². The van der Waals surface area contributed by atoms with Gasteiger partial charge < -0.3 is 15.4 Å². The van der Waals surface area contributed by atoms with Crippen molar-refractivity contribution in [1.82, 2.24) is 10.6 Å². The van der Waals surface area contributed by atoms with Crippen LogP contribution >= 0.6 is 24.0 Å². The number of nitrogens with one attached hydrogen (secondary N) is 2. The number of nitro benzene ring substituents is 1. The van der Waals surface area contributed by atoms with Crippen molar-refractivity contribution in [3.63, 3.8) is 0 Å². The zero-order chi connectivity index (χ0) is 19.4. The number of ether oxygens (including phenoxy) is 1. The molecule has 1 unspecified atom stereocenters. The number of fused-ring (bicyclic) bond motifs is 1. The van der Waals surface area contributed by atoms with E-state index in [9.17, 15) is 10.1 Å². The lowest BCUT2D eigenvalue weighted by atomic mass is 9.90. The van der Waals surface area contributed by atoms with E-state index in [2.05, 4.69) is 35.5 Å². The van der Waals surface area contributed by atoms with Crippen LogP contribution in [0.4, 0.5) is 5.69 Å². The molecule has 0 aromatic heterocycles. The lowest BCUT2D eigenvalue weighted by molar-refractivity contribution is -0.384. The van der Waals surface area contributed by atoms with Crippen LogP contribution in [0.2, 0.25) is 0 Å². The van der Waals surface area contributed by atoms with Gasteiger partial charge in [0.2, 0.25) is 0 Å². The summed E-state index contributed by atoms with van der Waals surface area (Å²) in [6.45, 7) is 4.57. The summed E-state index contributed by atoms with van der Waals surface area (Å²) in [4.78, 5) is 14.8. The van der Waals surface area contributed by atoms with Gasteiger partial charge in [0, 0.05) is 37.7 Å². The highest BCUT2D eigenvalue weighted by molar-refractivity contribution is 14.0. The molecule has 0 radical (unpaired) electrons. The molecular formula is C20H25IN4O3. The summed E-state index contributed by atoms with van der Waals surface area (Å²) >= 11 is 0. The summed E-state index contributed by atoms with van der Waals surface area (Å²) in [7, 11) is 1.71. The number of para-hydroxylation sites is 1. The van der Waals surface area contributed by atoms with E-state index in [1.807, 2.05) is 24.3 Å². The van der Waals surface area contributed by atoms with Gasteiger partial charge in [-0.15, -0.1) is 24.0 Å². The first-order valence-electron chi connectivity index (χ1n) is 8.86.